The quantitative estimate of drug-likeness (QED) is 0.599. The third kappa shape index (κ3) is 3.67. The fraction of sp³-hybridized carbons (Fsp3) is 0.500. The molecule has 25 heavy (non-hydrogen) atoms. The molecule has 132 valence electrons. The molecule has 0 bridgehead atoms. The summed E-state index contributed by atoms with van der Waals surface area (Å²) in [7, 11) is 0. The van der Waals surface area contributed by atoms with Gasteiger partial charge in [-0.25, -0.2) is 4.98 Å². The van der Waals surface area contributed by atoms with Gasteiger partial charge in [0.1, 0.15) is 12.1 Å². The van der Waals surface area contributed by atoms with Crippen molar-refractivity contribution >= 4 is 23.4 Å². The van der Waals surface area contributed by atoms with Crippen molar-refractivity contribution in [2.24, 2.45) is 0 Å². The van der Waals surface area contributed by atoms with E-state index in [0.717, 1.165) is 67.9 Å². The number of hydrogen-bond donors (Lipinski definition) is 0. The molecule has 0 aliphatic carbocycles. The van der Waals surface area contributed by atoms with E-state index in [1.807, 2.05) is 12.1 Å². The molecular weight excluding hydrogens is 314 g/mol. The van der Waals surface area contributed by atoms with Gasteiger partial charge >= 0.3 is 0 Å². The van der Waals surface area contributed by atoms with E-state index >= 15 is 0 Å². The van der Waals surface area contributed by atoms with Gasteiger partial charge in [0.05, 0.1) is 30.2 Å². The number of fused-ring (bicyclic) bond motifs is 1. The van der Waals surface area contributed by atoms with Gasteiger partial charge in [-0.1, -0.05) is 18.6 Å². The van der Waals surface area contributed by atoms with E-state index in [1.54, 1.807) is 0 Å². The number of carbonyl (C=O) groups is 1. The Morgan fingerprint density at radius 3 is 2.80 bits per heavy atom. The average Bonchev–Trinajstić information content (AvgIpc) is 2.93. The first-order chi connectivity index (χ1) is 12.3. The number of imidazole rings is 1. The summed E-state index contributed by atoms with van der Waals surface area (Å²) >= 11 is 0. The zero-order chi connectivity index (χ0) is 17.1. The first-order valence-electron chi connectivity index (χ1n) is 9.28. The Kier molecular flexibility index (Phi) is 4.95. The normalized spacial score (nSPS) is 21.7. The predicted molar refractivity (Wildman–Crippen MR) is 98.3 cm³/mol. The maximum Gasteiger partial charge on any atom is 0.142 e. The van der Waals surface area contributed by atoms with Crippen molar-refractivity contribution in [2.75, 3.05) is 19.7 Å². The van der Waals surface area contributed by atoms with Crippen molar-refractivity contribution in [3.05, 3.63) is 35.7 Å². The lowest BCUT2D eigenvalue weighted by Gasteiger charge is -2.29. The number of benzene rings is 1. The molecule has 1 atom stereocenters. The molecule has 4 rings (SSSR count). The van der Waals surface area contributed by atoms with E-state index in [-0.39, 0.29) is 0 Å². The van der Waals surface area contributed by atoms with Crippen LogP contribution in [0.3, 0.4) is 0 Å². The molecule has 5 nitrogen and oxygen atoms in total. The van der Waals surface area contributed by atoms with Crippen molar-refractivity contribution in [1.82, 2.24) is 14.5 Å². The minimum Gasteiger partial charge on any atom is -0.376 e. The Morgan fingerprint density at radius 1 is 1.24 bits per heavy atom. The molecule has 1 aromatic carbocycles. The molecule has 0 N–H and O–H groups in total. The highest BCUT2D eigenvalue weighted by Crippen LogP contribution is 2.24. The van der Waals surface area contributed by atoms with E-state index in [9.17, 15) is 4.79 Å². The number of nitrogens with zero attached hydrogens (tertiary/aromatic N) is 3. The van der Waals surface area contributed by atoms with Crippen molar-refractivity contribution in [3.8, 4) is 0 Å². The van der Waals surface area contributed by atoms with Crippen LogP contribution in [0.25, 0.3) is 17.1 Å². The molecule has 2 saturated heterocycles. The first kappa shape index (κ1) is 16.5. The van der Waals surface area contributed by atoms with Crippen LogP contribution in [0.5, 0.6) is 0 Å². The van der Waals surface area contributed by atoms with E-state index in [0.29, 0.717) is 6.10 Å². The van der Waals surface area contributed by atoms with Gasteiger partial charge in [0.2, 0.25) is 0 Å². The van der Waals surface area contributed by atoms with Crippen LogP contribution >= 0.6 is 0 Å². The molecule has 2 aromatic rings. The number of carbonyl (C=O) groups excluding carboxylic acids is 1. The molecule has 0 amide bonds. The Balaban J connectivity index is 1.67. The summed E-state index contributed by atoms with van der Waals surface area (Å²) in [5, 5.41) is 0. The van der Waals surface area contributed by atoms with Crippen LogP contribution in [0.15, 0.2) is 24.3 Å². The molecule has 2 aliphatic heterocycles. The highest BCUT2D eigenvalue weighted by molar-refractivity contribution is 5.81. The van der Waals surface area contributed by atoms with Crippen LogP contribution in [-0.4, -0.2) is 46.5 Å². The van der Waals surface area contributed by atoms with Gasteiger partial charge in [0.15, 0.2) is 0 Å². The molecule has 0 radical (unpaired) electrons. The molecule has 1 aromatic heterocycles. The molecule has 5 heteroatoms. The molecular formula is C20H25N3O2. The number of ether oxygens (including phenoxy) is 1. The van der Waals surface area contributed by atoms with Gasteiger partial charge in [-0.05, 0) is 56.1 Å². The average molecular weight is 339 g/mol. The smallest absolute Gasteiger partial charge is 0.142 e. The SMILES string of the molecule is O=C/C=C/c1ccc2nc(CN3CCCCC3)n(CC3CCO3)c2c1. The number of likely N-dealkylation sites (tertiary alicyclic amines) is 1. The van der Waals surface area contributed by atoms with Crippen LogP contribution < -0.4 is 0 Å². The summed E-state index contributed by atoms with van der Waals surface area (Å²) in [4.78, 5) is 18.0. The van der Waals surface area contributed by atoms with E-state index in [2.05, 4.69) is 21.6 Å². The third-order valence-corrected chi connectivity index (χ3v) is 5.21. The Labute approximate surface area is 148 Å². The van der Waals surface area contributed by atoms with Crippen LogP contribution in [0.4, 0.5) is 0 Å². The lowest BCUT2D eigenvalue weighted by atomic mass is 10.1. The summed E-state index contributed by atoms with van der Waals surface area (Å²) in [6.45, 7) is 4.96. The molecule has 3 heterocycles. The van der Waals surface area contributed by atoms with Crippen molar-refractivity contribution in [2.45, 2.75) is 44.9 Å². The fourth-order valence-electron chi connectivity index (χ4n) is 3.72. The molecule has 0 spiro atoms. The van der Waals surface area contributed by atoms with Crippen molar-refractivity contribution in [3.63, 3.8) is 0 Å². The summed E-state index contributed by atoms with van der Waals surface area (Å²) < 4.78 is 8.00. The Hall–Kier alpha value is -1.98. The van der Waals surface area contributed by atoms with Crippen LogP contribution in [-0.2, 0) is 22.6 Å². The second kappa shape index (κ2) is 7.50. The zero-order valence-corrected chi connectivity index (χ0v) is 14.6. The number of aromatic nitrogens is 2. The van der Waals surface area contributed by atoms with Crippen molar-refractivity contribution < 1.29 is 9.53 Å². The molecule has 1 unspecified atom stereocenters. The van der Waals surface area contributed by atoms with E-state index < -0.39 is 0 Å². The number of rotatable bonds is 6. The second-order valence-corrected chi connectivity index (χ2v) is 7.00. The molecule has 2 fully saturated rings. The van der Waals surface area contributed by atoms with E-state index in [1.165, 1.54) is 25.3 Å². The number of hydrogen-bond acceptors (Lipinski definition) is 4. The Bertz CT molecular complexity index is 771. The maximum atomic E-state index is 10.6. The highest BCUT2D eigenvalue weighted by Gasteiger charge is 2.23. The van der Waals surface area contributed by atoms with Crippen LogP contribution in [0.1, 0.15) is 37.1 Å². The van der Waals surface area contributed by atoms with Crippen LogP contribution in [0, 0.1) is 0 Å². The molecule has 2 aliphatic rings. The van der Waals surface area contributed by atoms with Crippen LogP contribution in [0.2, 0.25) is 0 Å². The van der Waals surface area contributed by atoms with Gasteiger partial charge < -0.3 is 9.30 Å². The first-order valence-corrected chi connectivity index (χ1v) is 9.28. The minimum absolute atomic E-state index is 0.298. The largest absolute Gasteiger partial charge is 0.376 e. The van der Waals surface area contributed by atoms with Gasteiger partial charge in [-0.15, -0.1) is 0 Å². The summed E-state index contributed by atoms with van der Waals surface area (Å²) in [5.74, 6) is 1.13. The predicted octanol–water partition coefficient (Wildman–Crippen LogP) is 3.02. The minimum atomic E-state index is 0.298. The number of allylic oxidation sites excluding steroid dienone is 1. The van der Waals surface area contributed by atoms with Gasteiger partial charge in [0, 0.05) is 6.61 Å². The number of piperidine rings is 1. The Morgan fingerprint density at radius 2 is 2.08 bits per heavy atom. The fourth-order valence-corrected chi connectivity index (χ4v) is 3.72. The maximum absolute atomic E-state index is 10.6. The standard InChI is InChI=1S/C20H25N3O2/c24-11-4-5-16-6-7-18-19(13-16)23(14-17-8-12-25-17)20(21-18)15-22-9-2-1-3-10-22/h4-7,11,13,17H,1-3,8-10,12,14-15H2/b5-4+. The van der Waals surface area contributed by atoms with E-state index in [4.69, 9.17) is 9.72 Å². The van der Waals surface area contributed by atoms with Gasteiger partial charge in [0.25, 0.3) is 0 Å². The van der Waals surface area contributed by atoms with Gasteiger partial charge in [-0.2, -0.15) is 0 Å². The summed E-state index contributed by atoms with van der Waals surface area (Å²) in [6, 6.07) is 6.20. The lowest BCUT2D eigenvalue weighted by Crippen LogP contribution is -2.34. The third-order valence-electron chi connectivity index (χ3n) is 5.21. The summed E-state index contributed by atoms with van der Waals surface area (Å²) in [5.41, 5.74) is 3.19. The topological polar surface area (TPSA) is 47.4 Å². The monoisotopic (exact) mass is 339 g/mol. The summed E-state index contributed by atoms with van der Waals surface area (Å²) in [6.07, 6.45) is 9.51. The zero-order valence-electron chi connectivity index (χ0n) is 14.6. The number of aldehydes is 1. The lowest BCUT2D eigenvalue weighted by molar-refractivity contribution is -0.104. The molecule has 0 saturated carbocycles. The van der Waals surface area contributed by atoms with Crippen molar-refractivity contribution in [1.29, 1.82) is 0 Å². The van der Waals surface area contributed by atoms with Gasteiger partial charge in [-0.3, -0.25) is 9.69 Å². The highest BCUT2D eigenvalue weighted by atomic mass is 16.5. The second-order valence-electron chi connectivity index (χ2n) is 7.00.